The maximum atomic E-state index is 4.41. The molecule has 0 saturated heterocycles. The van der Waals surface area contributed by atoms with Crippen LogP contribution in [0.5, 0.6) is 0 Å². The topological polar surface area (TPSA) is 33.1 Å². The molecule has 4 heteroatoms. The van der Waals surface area contributed by atoms with Gasteiger partial charge in [-0.25, -0.2) is 4.68 Å². The molecule has 2 rings (SSSR count). The molecule has 21 heavy (non-hydrogen) atoms. The molecule has 0 fully saturated rings. The normalized spacial score (nSPS) is 11.2. The number of aromatic nitrogens is 2. The molecular formula is C17H26N4. The summed E-state index contributed by atoms with van der Waals surface area (Å²) in [5.74, 6) is 0. The Morgan fingerprint density at radius 1 is 1.14 bits per heavy atom. The number of benzene rings is 1. The third-order valence-electron chi connectivity index (χ3n) is 3.71. The van der Waals surface area contributed by atoms with E-state index in [4.69, 9.17) is 0 Å². The average Bonchev–Trinajstić information content (AvgIpc) is 3.01. The largest absolute Gasteiger partial charge is 0.313 e. The lowest BCUT2D eigenvalue weighted by molar-refractivity contribution is 0.298. The van der Waals surface area contributed by atoms with E-state index in [-0.39, 0.29) is 0 Å². The van der Waals surface area contributed by atoms with E-state index in [2.05, 4.69) is 47.5 Å². The zero-order valence-electron chi connectivity index (χ0n) is 13.1. The molecule has 0 atom stereocenters. The Bertz CT molecular complexity index is 503. The first kappa shape index (κ1) is 15.7. The van der Waals surface area contributed by atoms with Crippen LogP contribution >= 0.6 is 0 Å². The zero-order valence-corrected chi connectivity index (χ0v) is 13.1. The maximum absolute atomic E-state index is 4.41. The summed E-state index contributed by atoms with van der Waals surface area (Å²) in [4.78, 5) is 2.45. The molecule has 0 radical (unpaired) electrons. The van der Waals surface area contributed by atoms with Gasteiger partial charge in [-0.3, -0.25) is 0 Å². The quantitative estimate of drug-likeness (QED) is 0.720. The molecule has 114 valence electrons. The van der Waals surface area contributed by atoms with Crippen molar-refractivity contribution in [3.63, 3.8) is 0 Å². The van der Waals surface area contributed by atoms with E-state index in [1.165, 1.54) is 18.5 Å². The molecule has 0 unspecified atom stereocenters. The zero-order chi connectivity index (χ0) is 14.9. The fourth-order valence-corrected chi connectivity index (χ4v) is 2.37. The Morgan fingerprint density at radius 2 is 1.90 bits per heavy atom. The minimum Gasteiger partial charge on any atom is -0.313 e. The van der Waals surface area contributed by atoms with Crippen molar-refractivity contribution in [1.29, 1.82) is 0 Å². The summed E-state index contributed by atoms with van der Waals surface area (Å²) in [5, 5.41) is 7.90. The van der Waals surface area contributed by atoms with Gasteiger partial charge in [0.05, 0.1) is 11.9 Å². The average molecular weight is 286 g/mol. The van der Waals surface area contributed by atoms with Gasteiger partial charge in [-0.05, 0) is 44.7 Å². The van der Waals surface area contributed by atoms with Crippen molar-refractivity contribution < 1.29 is 0 Å². The molecule has 0 bridgehead atoms. The first-order chi connectivity index (χ1) is 10.3. The second-order valence-electron chi connectivity index (χ2n) is 5.19. The number of nitrogens with one attached hydrogen (secondary N) is 1. The van der Waals surface area contributed by atoms with Crippen LogP contribution in [0.2, 0.25) is 0 Å². The molecule has 1 aromatic heterocycles. The molecule has 0 aliphatic rings. The summed E-state index contributed by atoms with van der Waals surface area (Å²) in [6.45, 7) is 9.81. The van der Waals surface area contributed by atoms with E-state index >= 15 is 0 Å². The van der Waals surface area contributed by atoms with Gasteiger partial charge in [0.25, 0.3) is 0 Å². The fourth-order valence-electron chi connectivity index (χ4n) is 2.37. The number of hydrogen-bond donors (Lipinski definition) is 1. The predicted octanol–water partition coefficient (Wildman–Crippen LogP) is 2.69. The second-order valence-corrected chi connectivity index (χ2v) is 5.19. The van der Waals surface area contributed by atoms with Gasteiger partial charge in [-0.2, -0.15) is 5.10 Å². The van der Waals surface area contributed by atoms with Crippen LogP contribution in [0.4, 0.5) is 0 Å². The number of nitrogens with zero attached hydrogens (tertiary/aromatic N) is 3. The molecule has 0 aliphatic heterocycles. The highest BCUT2D eigenvalue weighted by Crippen LogP contribution is 2.07. The molecule has 0 amide bonds. The van der Waals surface area contributed by atoms with E-state index < -0.39 is 0 Å². The summed E-state index contributed by atoms with van der Waals surface area (Å²) >= 11 is 0. The number of hydrogen-bond acceptors (Lipinski definition) is 3. The van der Waals surface area contributed by atoms with Crippen molar-refractivity contribution >= 4 is 0 Å². The fraction of sp³-hybridized carbons (Fsp3) is 0.471. The SMILES string of the molecule is CCN(CC)CCCNCc1cnn(-c2ccccc2)c1. The lowest BCUT2D eigenvalue weighted by atomic mass is 10.3. The third-order valence-corrected chi connectivity index (χ3v) is 3.71. The minimum absolute atomic E-state index is 0.880. The van der Waals surface area contributed by atoms with Gasteiger partial charge in [0, 0.05) is 18.3 Å². The highest BCUT2D eigenvalue weighted by molar-refractivity contribution is 5.30. The van der Waals surface area contributed by atoms with Crippen LogP contribution in [0.25, 0.3) is 5.69 Å². The Kier molecular flexibility index (Phi) is 6.44. The highest BCUT2D eigenvalue weighted by atomic mass is 15.3. The van der Waals surface area contributed by atoms with Gasteiger partial charge < -0.3 is 10.2 Å². The number of rotatable bonds is 9. The van der Waals surface area contributed by atoms with Crippen LogP contribution < -0.4 is 5.32 Å². The Balaban J connectivity index is 1.71. The van der Waals surface area contributed by atoms with Gasteiger partial charge in [0.2, 0.25) is 0 Å². The molecule has 0 saturated carbocycles. The van der Waals surface area contributed by atoms with Crippen molar-refractivity contribution in [2.75, 3.05) is 26.2 Å². The lowest BCUT2D eigenvalue weighted by Crippen LogP contribution is -2.27. The second kappa shape index (κ2) is 8.60. The van der Waals surface area contributed by atoms with Gasteiger partial charge in [0.15, 0.2) is 0 Å². The Labute approximate surface area is 127 Å². The van der Waals surface area contributed by atoms with Crippen LogP contribution in [0.15, 0.2) is 42.7 Å². The molecule has 4 nitrogen and oxygen atoms in total. The molecule has 0 spiro atoms. The van der Waals surface area contributed by atoms with Crippen LogP contribution in [0, 0.1) is 0 Å². The van der Waals surface area contributed by atoms with E-state index in [0.717, 1.165) is 31.9 Å². The summed E-state index contributed by atoms with van der Waals surface area (Å²) in [5.41, 5.74) is 2.33. The molecule has 1 heterocycles. The molecule has 1 aromatic carbocycles. The molecule has 0 aliphatic carbocycles. The summed E-state index contributed by atoms with van der Waals surface area (Å²) in [6.07, 6.45) is 5.21. The Morgan fingerprint density at radius 3 is 2.62 bits per heavy atom. The smallest absolute Gasteiger partial charge is 0.0645 e. The standard InChI is InChI=1S/C17H26N4/c1-3-20(4-2)12-8-11-18-13-16-14-19-21(15-16)17-9-6-5-7-10-17/h5-7,9-10,14-15,18H,3-4,8,11-13H2,1-2H3. The minimum atomic E-state index is 0.880. The van der Waals surface area contributed by atoms with E-state index in [1.54, 1.807) is 0 Å². The summed E-state index contributed by atoms with van der Waals surface area (Å²) in [6, 6.07) is 10.2. The predicted molar refractivity (Wildman–Crippen MR) is 87.7 cm³/mol. The van der Waals surface area contributed by atoms with Gasteiger partial charge >= 0.3 is 0 Å². The van der Waals surface area contributed by atoms with Gasteiger partial charge in [-0.15, -0.1) is 0 Å². The van der Waals surface area contributed by atoms with E-state index in [1.807, 2.05) is 29.1 Å². The van der Waals surface area contributed by atoms with Crippen molar-refractivity contribution in [2.45, 2.75) is 26.8 Å². The third kappa shape index (κ3) is 4.99. The van der Waals surface area contributed by atoms with E-state index in [9.17, 15) is 0 Å². The van der Waals surface area contributed by atoms with Crippen LogP contribution in [0.1, 0.15) is 25.8 Å². The van der Waals surface area contributed by atoms with Crippen molar-refractivity contribution in [3.05, 3.63) is 48.3 Å². The molecular weight excluding hydrogens is 260 g/mol. The lowest BCUT2D eigenvalue weighted by Gasteiger charge is -2.17. The highest BCUT2D eigenvalue weighted by Gasteiger charge is 2.01. The molecule has 1 N–H and O–H groups in total. The van der Waals surface area contributed by atoms with Crippen LogP contribution in [-0.4, -0.2) is 40.9 Å². The van der Waals surface area contributed by atoms with Crippen molar-refractivity contribution in [3.8, 4) is 5.69 Å². The number of para-hydroxylation sites is 1. The summed E-state index contributed by atoms with van der Waals surface area (Å²) in [7, 11) is 0. The van der Waals surface area contributed by atoms with Gasteiger partial charge in [0.1, 0.15) is 0 Å². The summed E-state index contributed by atoms with van der Waals surface area (Å²) < 4.78 is 1.92. The van der Waals surface area contributed by atoms with Crippen LogP contribution in [0.3, 0.4) is 0 Å². The van der Waals surface area contributed by atoms with Crippen molar-refractivity contribution in [1.82, 2.24) is 20.0 Å². The van der Waals surface area contributed by atoms with Crippen LogP contribution in [-0.2, 0) is 6.54 Å². The maximum Gasteiger partial charge on any atom is 0.0645 e. The van der Waals surface area contributed by atoms with E-state index in [0.29, 0.717) is 0 Å². The first-order valence-electron chi connectivity index (χ1n) is 7.85. The van der Waals surface area contributed by atoms with Gasteiger partial charge in [-0.1, -0.05) is 32.0 Å². The Hall–Kier alpha value is -1.65. The monoisotopic (exact) mass is 286 g/mol. The molecule has 2 aromatic rings. The van der Waals surface area contributed by atoms with Crippen molar-refractivity contribution in [2.24, 2.45) is 0 Å². The first-order valence-corrected chi connectivity index (χ1v) is 7.85.